The zero-order chi connectivity index (χ0) is 20.8. The molecule has 1 aromatic carbocycles. The van der Waals surface area contributed by atoms with Gasteiger partial charge in [-0.15, -0.1) is 0 Å². The summed E-state index contributed by atoms with van der Waals surface area (Å²) in [4.78, 5) is 15.0. The number of hydrogen-bond donors (Lipinski definition) is 2. The number of hydrogen-bond acceptors (Lipinski definition) is 5. The van der Waals surface area contributed by atoms with E-state index in [4.69, 9.17) is 4.74 Å². The number of H-pyrrole nitrogens is 1. The van der Waals surface area contributed by atoms with Crippen LogP contribution in [-0.4, -0.2) is 33.1 Å². The Morgan fingerprint density at radius 1 is 1.10 bits per heavy atom. The molecule has 0 amide bonds. The Hall–Kier alpha value is -2.48. The second-order valence-corrected chi connectivity index (χ2v) is 7.09. The van der Waals surface area contributed by atoms with Gasteiger partial charge in [-0.25, -0.2) is 9.37 Å². The van der Waals surface area contributed by atoms with Crippen LogP contribution < -0.4 is 39.6 Å². The molecule has 0 saturated heterocycles. The zero-order valence-electron chi connectivity index (χ0n) is 17.7. The van der Waals surface area contributed by atoms with Gasteiger partial charge in [0.15, 0.2) is 0 Å². The molecule has 4 aromatic rings. The molecule has 8 heteroatoms. The molecule has 3 aromatic heterocycles. The Balaban J connectivity index is 0.000000227. The molecule has 0 aliphatic heterocycles. The summed E-state index contributed by atoms with van der Waals surface area (Å²) in [6.07, 6.45) is 11.0. The summed E-state index contributed by atoms with van der Waals surface area (Å²) in [5, 5.41) is 3.43. The smallest absolute Gasteiger partial charge is 0.496 e. The maximum Gasteiger partial charge on any atom is 1.00 e. The van der Waals surface area contributed by atoms with Crippen molar-refractivity contribution in [2.24, 2.45) is 0 Å². The number of rotatable bonds is 4. The molecule has 31 heavy (non-hydrogen) atoms. The van der Waals surface area contributed by atoms with Crippen LogP contribution in [0.1, 0.15) is 25.7 Å². The number of fused-ring (bicyclic) bond motifs is 1. The minimum Gasteiger partial charge on any atom is -0.496 e. The van der Waals surface area contributed by atoms with Gasteiger partial charge in [-0.1, -0.05) is 36.6 Å². The van der Waals surface area contributed by atoms with E-state index < -0.39 is 0 Å². The normalized spacial score (nSPS) is 13.2. The molecular weight excluding hydrogens is 404 g/mol. The van der Waals surface area contributed by atoms with Crippen molar-refractivity contribution in [3.05, 3.63) is 67.0 Å². The van der Waals surface area contributed by atoms with Crippen LogP contribution in [0.4, 0.5) is 10.2 Å². The van der Waals surface area contributed by atoms with Gasteiger partial charge in [0.1, 0.15) is 17.4 Å². The van der Waals surface area contributed by atoms with E-state index in [0.717, 1.165) is 22.5 Å². The van der Waals surface area contributed by atoms with Crippen LogP contribution >= 0.6 is 0 Å². The molecule has 154 valence electrons. The van der Waals surface area contributed by atoms with E-state index in [1.54, 1.807) is 31.6 Å². The van der Waals surface area contributed by atoms with E-state index in [9.17, 15) is 4.39 Å². The third-order valence-corrected chi connectivity index (χ3v) is 5.09. The number of aromatic amines is 1. The van der Waals surface area contributed by atoms with Crippen LogP contribution in [0.5, 0.6) is 5.75 Å². The Kier molecular flexibility index (Phi) is 8.40. The minimum atomic E-state index is -0.298. The van der Waals surface area contributed by atoms with Crippen molar-refractivity contribution < 1.29 is 38.7 Å². The molecule has 5 rings (SSSR count). The van der Waals surface area contributed by atoms with E-state index in [0.29, 0.717) is 17.4 Å². The maximum atomic E-state index is 14.0. The van der Waals surface area contributed by atoms with Crippen LogP contribution in [0.15, 0.2) is 54.9 Å². The van der Waals surface area contributed by atoms with Crippen LogP contribution in [-0.2, 0) is 0 Å². The summed E-state index contributed by atoms with van der Waals surface area (Å²) in [6.45, 7) is 0. The number of imidazole rings is 1. The molecule has 0 spiro atoms. The van der Waals surface area contributed by atoms with Crippen molar-refractivity contribution in [1.82, 2.24) is 19.9 Å². The summed E-state index contributed by atoms with van der Waals surface area (Å²) < 4.78 is 19.3. The Morgan fingerprint density at radius 3 is 2.65 bits per heavy atom. The van der Waals surface area contributed by atoms with Gasteiger partial charge in [-0.3, -0.25) is 0 Å². The van der Waals surface area contributed by atoms with Crippen LogP contribution in [0.3, 0.4) is 0 Å². The topological polar surface area (TPSA) is 75.7 Å². The molecular formula is C23H23FN5NaO. The fourth-order valence-electron chi connectivity index (χ4n) is 3.59. The average molecular weight is 427 g/mol. The first-order valence-corrected chi connectivity index (χ1v) is 9.97. The van der Waals surface area contributed by atoms with Gasteiger partial charge in [0.05, 0.1) is 12.7 Å². The van der Waals surface area contributed by atoms with Gasteiger partial charge in [-0.05, 0) is 43.4 Å². The molecule has 1 aliphatic carbocycles. The SMILES string of the molecule is COc1cccc(F)c1-c1ccc(NC2CCCC2)nc1.[Na+].[c-]1nc2cccnc2[nH]1. The molecule has 3 heterocycles. The predicted octanol–water partition coefficient (Wildman–Crippen LogP) is 2.01. The summed E-state index contributed by atoms with van der Waals surface area (Å²) >= 11 is 0. The second-order valence-electron chi connectivity index (χ2n) is 7.09. The molecule has 1 fully saturated rings. The summed E-state index contributed by atoms with van der Waals surface area (Å²) in [7, 11) is 1.54. The van der Waals surface area contributed by atoms with E-state index in [-0.39, 0.29) is 35.4 Å². The summed E-state index contributed by atoms with van der Waals surface area (Å²) in [6, 6.07) is 12.9. The van der Waals surface area contributed by atoms with Gasteiger partial charge >= 0.3 is 29.6 Å². The van der Waals surface area contributed by atoms with Gasteiger partial charge in [-0.2, -0.15) is 0 Å². The first-order valence-electron chi connectivity index (χ1n) is 9.97. The molecule has 0 unspecified atom stereocenters. The molecule has 1 saturated carbocycles. The molecule has 0 atom stereocenters. The predicted molar refractivity (Wildman–Crippen MR) is 115 cm³/mol. The summed E-state index contributed by atoms with van der Waals surface area (Å²) in [5.74, 6) is 1.07. The van der Waals surface area contributed by atoms with E-state index >= 15 is 0 Å². The largest absolute Gasteiger partial charge is 1.00 e. The Morgan fingerprint density at radius 2 is 1.94 bits per heavy atom. The van der Waals surface area contributed by atoms with Gasteiger partial charge in [0.25, 0.3) is 0 Å². The fourth-order valence-corrected chi connectivity index (χ4v) is 3.59. The fraction of sp³-hybridized carbons (Fsp3) is 0.261. The average Bonchev–Trinajstić information content (AvgIpc) is 3.46. The van der Waals surface area contributed by atoms with Crippen LogP contribution in [0, 0.1) is 12.1 Å². The second kappa shape index (κ2) is 11.2. The zero-order valence-corrected chi connectivity index (χ0v) is 19.7. The molecule has 0 bridgehead atoms. The first kappa shape index (κ1) is 23.2. The quantitative estimate of drug-likeness (QED) is 0.385. The van der Waals surface area contributed by atoms with Crippen LogP contribution in [0.2, 0.25) is 0 Å². The Bertz CT molecular complexity index is 1070. The number of ether oxygens (including phenoxy) is 1. The van der Waals surface area contributed by atoms with Crippen molar-refractivity contribution in [2.45, 2.75) is 31.7 Å². The number of nitrogens with one attached hydrogen (secondary N) is 2. The van der Waals surface area contributed by atoms with E-state index in [2.05, 4.69) is 31.6 Å². The number of anilines is 1. The van der Waals surface area contributed by atoms with Crippen molar-refractivity contribution in [3.63, 3.8) is 0 Å². The number of aromatic nitrogens is 4. The third kappa shape index (κ3) is 5.81. The van der Waals surface area contributed by atoms with Gasteiger partial charge in [0.2, 0.25) is 0 Å². The number of nitrogens with zero attached hydrogens (tertiary/aromatic N) is 3. The van der Waals surface area contributed by atoms with Crippen molar-refractivity contribution in [2.75, 3.05) is 12.4 Å². The molecule has 6 nitrogen and oxygen atoms in total. The minimum absolute atomic E-state index is 0. The summed E-state index contributed by atoms with van der Waals surface area (Å²) in [5.41, 5.74) is 2.83. The van der Waals surface area contributed by atoms with Crippen molar-refractivity contribution in [3.8, 4) is 16.9 Å². The maximum absolute atomic E-state index is 14.0. The van der Waals surface area contributed by atoms with Crippen molar-refractivity contribution >= 4 is 17.0 Å². The number of pyridine rings is 2. The van der Waals surface area contributed by atoms with E-state index in [1.165, 1.54) is 31.7 Å². The monoisotopic (exact) mass is 427 g/mol. The standard InChI is InChI=1S/C17H19FN2O.C6H4N3.Na/c1-21-15-8-4-7-14(18)17(15)12-9-10-16(19-11-12)20-13-5-2-3-6-13;1-2-5-6(7-3-1)9-4-8-5;/h4,7-11,13H,2-3,5-6H2,1H3,(H,19,20);1-3H,(H,7,8,9);/q;-1;+1. The van der Waals surface area contributed by atoms with Crippen molar-refractivity contribution in [1.29, 1.82) is 0 Å². The van der Waals surface area contributed by atoms with Crippen LogP contribution in [0.25, 0.3) is 22.3 Å². The van der Waals surface area contributed by atoms with E-state index in [1.807, 2.05) is 24.3 Å². The number of benzene rings is 1. The number of methoxy groups -OCH3 is 1. The van der Waals surface area contributed by atoms with Gasteiger partial charge < -0.3 is 25.0 Å². The molecule has 0 radical (unpaired) electrons. The number of halogens is 1. The molecule has 2 N–H and O–H groups in total. The van der Waals surface area contributed by atoms with Gasteiger partial charge in [0, 0.05) is 29.6 Å². The molecule has 1 aliphatic rings. The first-order chi connectivity index (χ1) is 14.7. The third-order valence-electron chi connectivity index (χ3n) is 5.09. The Labute approximate surface area is 203 Å².